The van der Waals surface area contributed by atoms with Crippen molar-refractivity contribution in [1.29, 1.82) is 0 Å². The van der Waals surface area contributed by atoms with Gasteiger partial charge < -0.3 is 9.32 Å². The van der Waals surface area contributed by atoms with Gasteiger partial charge >= 0.3 is 0 Å². The van der Waals surface area contributed by atoms with Crippen LogP contribution in [0, 0.1) is 0 Å². The molecule has 0 amide bonds. The van der Waals surface area contributed by atoms with Crippen molar-refractivity contribution in [3.63, 3.8) is 0 Å². The molecule has 0 radical (unpaired) electrons. The Morgan fingerprint density at radius 3 is 1.66 bits per heavy atom. The lowest BCUT2D eigenvalue weighted by Gasteiger charge is -2.29. The lowest BCUT2D eigenvalue weighted by molar-refractivity contribution is 0.669. The molecule has 9 rings (SSSR count). The predicted molar refractivity (Wildman–Crippen MR) is 210 cm³/mol. The summed E-state index contributed by atoms with van der Waals surface area (Å²) in [5, 5.41) is 2.19. The van der Waals surface area contributed by atoms with Crippen LogP contribution < -0.4 is 4.90 Å². The molecule has 1 aromatic heterocycles. The fraction of sp³-hybridized carbons (Fsp3) is 0. The van der Waals surface area contributed by atoms with E-state index in [1.54, 1.807) is 0 Å². The summed E-state index contributed by atoms with van der Waals surface area (Å²) in [6.45, 7) is 0. The highest BCUT2D eigenvalue weighted by atomic mass is 16.3. The number of hydrogen-bond donors (Lipinski definition) is 0. The summed E-state index contributed by atoms with van der Waals surface area (Å²) in [7, 11) is 0. The first-order valence-corrected chi connectivity index (χ1v) is 17.0. The van der Waals surface area contributed by atoms with Gasteiger partial charge in [0.2, 0.25) is 0 Å². The van der Waals surface area contributed by atoms with Crippen LogP contribution in [0.1, 0.15) is 0 Å². The molecule has 2 nitrogen and oxygen atoms in total. The van der Waals surface area contributed by atoms with Crippen molar-refractivity contribution < 1.29 is 4.42 Å². The molecular weight excluding hydrogens is 607 g/mol. The van der Waals surface area contributed by atoms with Crippen LogP contribution in [0.4, 0.5) is 17.1 Å². The van der Waals surface area contributed by atoms with Gasteiger partial charge in [-0.15, -0.1) is 0 Å². The smallest absolute Gasteiger partial charge is 0.137 e. The molecule has 236 valence electrons. The number of nitrogens with zero attached hydrogens (tertiary/aromatic N) is 1. The number of hydrogen-bond acceptors (Lipinski definition) is 2. The SMILES string of the molecule is c1ccc(-c2ccc(-c3ccccc3-c3ccccc3)c(-c3ccccc3N(c3ccccc3)c3cccc4oc5ccccc5c34)c2)cc1. The monoisotopic (exact) mass is 639 g/mol. The van der Waals surface area contributed by atoms with Crippen LogP contribution in [0.25, 0.3) is 66.4 Å². The molecule has 0 saturated carbocycles. The maximum atomic E-state index is 6.40. The third-order valence-electron chi connectivity index (χ3n) is 9.50. The zero-order valence-electron chi connectivity index (χ0n) is 27.4. The van der Waals surface area contributed by atoms with Gasteiger partial charge in [-0.05, 0) is 81.4 Å². The average Bonchev–Trinajstić information content (AvgIpc) is 3.59. The van der Waals surface area contributed by atoms with E-state index in [9.17, 15) is 0 Å². The third-order valence-corrected chi connectivity index (χ3v) is 9.50. The largest absolute Gasteiger partial charge is 0.456 e. The van der Waals surface area contributed by atoms with Crippen LogP contribution in [-0.2, 0) is 0 Å². The molecule has 0 atom stereocenters. The molecule has 9 aromatic rings. The van der Waals surface area contributed by atoms with Crippen molar-refractivity contribution >= 4 is 39.0 Å². The Morgan fingerprint density at radius 1 is 0.320 bits per heavy atom. The maximum Gasteiger partial charge on any atom is 0.137 e. The second-order valence-electron chi connectivity index (χ2n) is 12.5. The Bertz CT molecular complexity index is 2590. The van der Waals surface area contributed by atoms with Crippen molar-refractivity contribution in [1.82, 2.24) is 0 Å². The Hall–Kier alpha value is -6.64. The van der Waals surface area contributed by atoms with Crippen molar-refractivity contribution in [2.45, 2.75) is 0 Å². The first-order valence-electron chi connectivity index (χ1n) is 17.0. The van der Waals surface area contributed by atoms with Gasteiger partial charge in [-0.25, -0.2) is 0 Å². The zero-order valence-corrected chi connectivity index (χ0v) is 27.4. The van der Waals surface area contributed by atoms with E-state index in [0.29, 0.717) is 0 Å². The number of benzene rings is 8. The molecule has 0 aliphatic heterocycles. The van der Waals surface area contributed by atoms with E-state index in [2.05, 4.69) is 193 Å². The van der Waals surface area contributed by atoms with Gasteiger partial charge in [0, 0.05) is 16.6 Å². The molecule has 1 heterocycles. The van der Waals surface area contributed by atoms with Crippen LogP contribution in [0.3, 0.4) is 0 Å². The molecule has 0 aliphatic rings. The van der Waals surface area contributed by atoms with Crippen LogP contribution in [0.2, 0.25) is 0 Å². The Labute approximate surface area is 292 Å². The molecule has 0 saturated heterocycles. The van der Waals surface area contributed by atoms with Gasteiger partial charge in [-0.1, -0.05) is 158 Å². The molecule has 50 heavy (non-hydrogen) atoms. The predicted octanol–water partition coefficient (Wildman–Crippen LogP) is 13.7. The number of rotatable bonds is 7. The molecule has 8 aromatic carbocycles. The average molecular weight is 640 g/mol. The second-order valence-corrected chi connectivity index (χ2v) is 12.5. The first kappa shape index (κ1) is 29.5. The van der Waals surface area contributed by atoms with E-state index in [0.717, 1.165) is 50.1 Å². The molecule has 0 N–H and O–H groups in total. The first-order chi connectivity index (χ1) is 24.8. The van der Waals surface area contributed by atoms with E-state index >= 15 is 0 Å². The summed E-state index contributed by atoms with van der Waals surface area (Å²) < 4.78 is 6.40. The highest BCUT2D eigenvalue weighted by Gasteiger charge is 2.23. The molecular formula is C48H33NO. The van der Waals surface area contributed by atoms with E-state index in [1.165, 1.54) is 33.4 Å². The summed E-state index contributed by atoms with van der Waals surface area (Å²) in [4.78, 5) is 2.39. The Morgan fingerprint density at radius 2 is 0.880 bits per heavy atom. The van der Waals surface area contributed by atoms with Gasteiger partial charge in [0.25, 0.3) is 0 Å². The molecule has 0 bridgehead atoms. The van der Waals surface area contributed by atoms with Gasteiger partial charge in [-0.3, -0.25) is 0 Å². The lowest BCUT2D eigenvalue weighted by Crippen LogP contribution is -2.11. The molecule has 0 aliphatic carbocycles. The van der Waals surface area contributed by atoms with Gasteiger partial charge in [-0.2, -0.15) is 0 Å². The molecule has 0 unspecified atom stereocenters. The minimum atomic E-state index is 0.866. The highest BCUT2D eigenvalue weighted by Crippen LogP contribution is 2.48. The summed E-state index contributed by atoms with van der Waals surface area (Å²) in [5.74, 6) is 0. The summed E-state index contributed by atoms with van der Waals surface area (Å²) in [5.41, 5.74) is 14.4. The number of fused-ring (bicyclic) bond motifs is 3. The van der Waals surface area contributed by atoms with Gasteiger partial charge in [0.15, 0.2) is 0 Å². The van der Waals surface area contributed by atoms with Crippen molar-refractivity contribution in [2.24, 2.45) is 0 Å². The fourth-order valence-electron chi connectivity index (χ4n) is 7.22. The zero-order chi connectivity index (χ0) is 33.3. The quantitative estimate of drug-likeness (QED) is 0.173. The molecule has 0 fully saturated rings. The van der Waals surface area contributed by atoms with E-state index < -0.39 is 0 Å². The molecule has 0 spiro atoms. The standard InChI is InChI=1S/C48H33NO/c1-4-17-34(18-5-1)36-31-32-40(39-24-11-10-23-38(39)35-19-6-2-7-20-35)43(33-36)41-25-12-14-27-44(41)49(37-21-8-3-9-22-37)45-28-16-30-47-48(45)42-26-13-15-29-46(42)50-47/h1-33H. The number of furan rings is 1. The minimum absolute atomic E-state index is 0.866. The minimum Gasteiger partial charge on any atom is -0.456 e. The van der Waals surface area contributed by atoms with E-state index in [1.807, 2.05) is 12.1 Å². The Balaban J connectivity index is 1.34. The topological polar surface area (TPSA) is 16.4 Å². The number of para-hydroxylation sites is 3. The highest BCUT2D eigenvalue weighted by molar-refractivity contribution is 6.14. The van der Waals surface area contributed by atoms with Gasteiger partial charge in [0.1, 0.15) is 11.2 Å². The molecule has 2 heteroatoms. The van der Waals surface area contributed by atoms with Crippen LogP contribution in [0.5, 0.6) is 0 Å². The van der Waals surface area contributed by atoms with Crippen molar-refractivity contribution in [3.8, 4) is 44.5 Å². The van der Waals surface area contributed by atoms with Crippen LogP contribution >= 0.6 is 0 Å². The summed E-state index contributed by atoms with van der Waals surface area (Å²) >= 11 is 0. The van der Waals surface area contributed by atoms with Crippen molar-refractivity contribution in [2.75, 3.05) is 4.90 Å². The normalized spacial score (nSPS) is 11.2. The van der Waals surface area contributed by atoms with Crippen molar-refractivity contribution in [3.05, 3.63) is 200 Å². The van der Waals surface area contributed by atoms with Crippen LogP contribution in [0.15, 0.2) is 205 Å². The van der Waals surface area contributed by atoms with E-state index in [-0.39, 0.29) is 0 Å². The van der Waals surface area contributed by atoms with E-state index in [4.69, 9.17) is 4.42 Å². The third kappa shape index (κ3) is 5.24. The second kappa shape index (κ2) is 12.8. The summed E-state index contributed by atoms with van der Waals surface area (Å²) in [6.07, 6.45) is 0. The number of anilines is 3. The van der Waals surface area contributed by atoms with Crippen LogP contribution in [-0.4, -0.2) is 0 Å². The summed E-state index contributed by atoms with van der Waals surface area (Å²) in [6, 6.07) is 71.1. The van der Waals surface area contributed by atoms with Gasteiger partial charge in [0.05, 0.1) is 16.8 Å². The Kier molecular flexibility index (Phi) is 7.53. The fourth-order valence-corrected chi connectivity index (χ4v) is 7.22. The maximum absolute atomic E-state index is 6.40. The lowest BCUT2D eigenvalue weighted by atomic mass is 9.86.